The molecule has 0 atom stereocenters. The molecule has 0 aromatic heterocycles. The molecule has 0 aliphatic carbocycles. The summed E-state index contributed by atoms with van der Waals surface area (Å²) in [6.45, 7) is 1.87. The lowest BCUT2D eigenvalue weighted by molar-refractivity contribution is -0.113. The van der Waals surface area contributed by atoms with Crippen LogP contribution < -0.4 is 5.32 Å². The molecule has 6 heteroatoms. The fraction of sp³-hybridized carbons (Fsp3) is 0.133. The molecule has 0 bridgehead atoms. The van der Waals surface area contributed by atoms with Crippen molar-refractivity contribution in [1.29, 1.82) is 0 Å². The van der Waals surface area contributed by atoms with Gasteiger partial charge in [0, 0.05) is 10.2 Å². The number of rotatable bonds is 4. The molecular formula is C15H14BrNO3S. The zero-order valence-corrected chi connectivity index (χ0v) is 13.7. The van der Waals surface area contributed by atoms with Gasteiger partial charge < -0.3 is 5.32 Å². The van der Waals surface area contributed by atoms with E-state index in [9.17, 15) is 13.2 Å². The first-order valence-electron chi connectivity index (χ1n) is 6.22. The molecule has 1 amide bonds. The summed E-state index contributed by atoms with van der Waals surface area (Å²) in [5, 5.41) is 2.57. The smallest absolute Gasteiger partial charge is 0.239 e. The quantitative estimate of drug-likeness (QED) is 0.902. The molecule has 4 nitrogen and oxygen atoms in total. The molecule has 21 heavy (non-hydrogen) atoms. The first kappa shape index (κ1) is 15.7. The number of hydrogen-bond donors (Lipinski definition) is 1. The van der Waals surface area contributed by atoms with Gasteiger partial charge in [-0.1, -0.05) is 33.6 Å². The van der Waals surface area contributed by atoms with Crippen molar-refractivity contribution in [2.24, 2.45) is 0 Å². The largest absolute Gasteiger partial charge is 0.325 e. The van der Waals surface area contributed by atoms with Crippen LogP contribution in [-0.2, 0) is 14.6 Å². The average Bonchev–Trinajstić information content (AvgIpc) is 2.41. The van der Waals surface area contributed by atoms with E-state index in [2.05, 4.69) is 21.2 Å². The molecule has 2 aromatic carbocycles. The fourth-order valence-electron chi connectivity index (χ4n) is 1.73. The van der Waals surface area contributed by atoms with Gasteiger partial charge in [-0.2, -0.15) is 0 Å². The van der Waals surface area contributed by atoms with Gasteiger partial charge in [-0.3, -0.25) is 4.79 Å². The predicted octanol–water partition coefficient (Wildman–Crippen LogP) is 3.17. The SMILES string of the molecule is Cc1ccc(S(=O)(=O)CC(=O)Nc2ccc(Br)cc2)cc1. The third kappa shape index (κ3) is 4.41. The summed E-state index contributed by atoms with van der Waals surface area (Å²) in [5.41, 5.74) is 1.52. The molecule has 0 saturated carbocycles. The average molecular weight is 368 g/mol. The number of benzene rings is 2. The van der Waals surface area contributed by atoms with E-state index in [1.54, 1.807) is 36.4 Å². The molecule has 0 aliphatic heterocycles. The van der Waals surface area contributed by atoms with Crippen LogP contribution in [-0.4, -0.2) is 20.1 Å². The Morgan fingerprint density at radius 2 is 1.62 bits per heavy atom. The summed E-state index contributed by atoms with van der Waals surface area (Å²) in [4.78, 5) is 12.0. The van der Waals surface area contributed by atoms with Crippen LogP contribution in [0.15, 0.2) is 57.9 Å². The molecule has 0 fully saturated rings. The summed E-state index contributed by atoms with van der Waals surface area (Å²) in [6.07, 6.45) is 0. The van der Waals surface area contributed by atoms with Gasteiger partial charge in [-0.05, 0) is 43.3 Å². The Morgan fingerprint density at radius 1 is 1.05 bits per heavy atom. The Labute approximate surface area is 132 Å². The van der Waals surface area contributed by atoms with E-state index in [1.807, 2.05) is 6.92 Å². The number of nitrogens with one attached hydrogen (secondary N) is 1. The van der Waals surface area contributed by atoms with Crippen molar-refractivity contribution >= 4 is 37.4 Å². The summed E-state index contributed by atoms with van der Waals surface area (Å²) in [7, 11) is -3.63. The third-order valence-electron chi connectivity index (χ3n) is 2.83. The highest BCUT2D eigenvalue weighted by Crippen LogP contribution is 2.15. The molecule has 0 aliphatic rings. The van der Waals surface area contributed by atoms with Gasteiger partial charge in [0.15, 0.2) is 9.84 Å². The number of carbonyl (C=O) groups excluding carboxylic acids is 1. The normalized spacial score (nSPS) is 11.1. The lowest BCUT2D eigenvalue weighted by Gasteiger charge is -2.07. The minimum Gasteiger partial charge on any atom is -0.325 e. The first-order chi connectivity index (χ1) is 9.87. The monoisotopic (exact) mass is 367 g/mol. The molecule has 0 unspecified atom stereocenters. The Balaban J connectivity index is 2.07. The van der Waals surface area contributed by atoms with Crippen LogP contribution in [0, 0.1) is 6.92 Å². The lowest BCUT2D eigenvalue weighted by Crippen LogP contribution is -2.23. The number of hydrogen-bond acceptors (Lipinski definition) is 3. The summed E-state index contributed by atoms with van der Waals surface area (Å²) in [6, 6.07) is 13.4. The molecule has 110 valence electrons. The zero-order valence-electron chi connectivity index (χ0n) is 11.3. The van der Waals surface area contributed by atoms with Gasteiger partial charge in [-0.25, -0.2) is 8.42 Å². The van der Waals surface area contributed by atoms with Crippen molar-refractivity contribution in [1.82, 2.24) is 0 Å². The van der Waals surface area contributed by atoms with E-state index in [1.165, 1.54) is 12.1 Å². The number of aryl methyl sites for hydroxylation is 1. The van der Waals surface area contributed by atoms with Crippen LogP contribution in [0.2, 0.25) is 0 Å². The molecule has 0 radical (unpaired) electrons. The highest BCUT2D eigenvalue weighted by atomic mass is 79.9. The minimum atomic E-state index is -3.63. The second-order valence-corrected chi connectivity index (χ2v) is 7.53. The van der Waals surface area contributed by atoms with Crippen molar-refractivity contribution in [3.63, 3.8) is 0 Å². The van der Waals surface area contributed by atoms with E-state index in [-0.39, 0.29) is 4.90 Å². The van der Waals surface area contributed by atoms with Crippen molar-refractivity contribution in [3.05, 3.63) is 58.6 Å². The van der Waals surface area contributed by atoms with Gasteiger partial charge in [0.1, 0.15) is 5.75 Å². The summed E-state index contributed by atoms with van der Waals surface area (Å²) >= 11 is 3.29. The molecule has 0 saturated heterocycles. The number of amides is 1. The Bertz CT molecular complexity index is 737. The number of halogens is 1. The van der Waals surface area contributed by atoms with Crippen LogP contribution >= 0.6 is 15.9 Å². The first-order valence-corrected chi connectivity index (χ1v) is 8.66. The van der Waals surface area contributed by atoms with Crippen LogP contribution in [0.4, 0.5) is 5.69 Å². The standard InChI is InChI=1S/C15H14BrNO3S/c1-11-2-8-14(9-3-11)21(19,20)10-15(18)17-13-6-4-12(16)5-7-13/h2-9H,10H2,1H3,(H,17,18). The number of sulfone groups is 1. The third-order valence-corrected chi connectivity index (χ3v) is 4.99. The van der Waals surface area contributed by atoms with Crippen LogP contribution in [0.25, 0.3) is 0 Å². The Kier molecular flexibility index (Phi) is 4.80. The molecular weight excluding hydrogens is 354 g/mol. The van der Waals surface area contributed by atoms with Gasteiger partial charge in [-0.15, -0.1) is 0 Å². The maximum absolute atomic E-state index is 12.1. The van der Waals surface area contributed by atoms with Crippen molar-refractivity contribution in [2.45, 2.75) is 11.8 Å². The second-order valence-electron chi connectivity index (χ2n) is 4.63. The zero-order chi connectivity index (χ0) is 15.5. The highest BCUT2D eigenvalue weighted by Gasteiger charge is 2.19. The van der Waals surface area contributed by atoms with Gasteiger partial charge in [0.2, 0.25) is 5.91 Å². The highest BCUT2D eigenvalue weighted by molar-refractivity contribution is 9.10. The Morgan fingerprint density at radius 3 is 2.19 bits per heavy atom. The molecule has 2 rings (SSSR count). The van der Waals surface area contributed by atoms with E-state index in [0.717, 1.165) is 10.0 Å². The minimum absolute atomic E-state index is 0.152. The fourth-order valence-corrected chi connectivity index (χ4v) is 3.13. The van der Waals surface area contributed by atoms with E-state index < -0.39 is 21.5 Å². The molecule has 2 aromatic rings. The van der Waals surface area contributed by atoms with Crippen LogP contribution in [0.3, 0.4) is 0 Å². The van der Waals surface area contributed by atoms with E-state index in [4.69, 9.17) is 0 Å². The second kappa shape index (κ2) is 6.41. The molecule has 0 spiro atoms. The van der Waals surface area contributed by atoms with Crippen LogP contribution in [0.1, 0.15) is 5.56 Å². The molecule has 0 heterocycles. The maximum atomic E-state index is 12.1. The van der Waals surface area contributed by atoms with Crippen LogP contribution in [0.5, 0.6) is 0 Å². The van der Waals surface area contributed by atoms with Gasteiger partial charge >= 0.3 is 0 Å². The summed E-state index contributed by atoms with van der Waals surface area (Å²) < 4.78 is 25.1. The summed E-state index contributed by atoms with van der Waals surface area (Å²) in [5.74, 6) is -1.13. The van der Waals surface area contributed by atoms with Crippen molar-refractivity contribution in [2.75, 3.05) is 11.1 Å². The topological polar surface area (TPSA) is 63.2 Å². The number of anilines is 1. The number of carbonyl (C=O) groups is 1. The van der Waals surface area contributed by atoms with Gasteiger partial charge in [0.25, 0.3) is 0 Å². The van der Waals surface area contributed by atoms with E-state index in [0.29, 0.717) is 5.69 Å². The molecule has 1 N–H and O–H groups in total. The maximum Gasteiger partial charge on any atom is 0.239 e. The van der Waals surface area contributed by atoms with Crippen molar-refractivity contribution < 1.29 is 13.2 Å². The van der Waals surface area contributed by atoms with Gasteiger partial charge in [0.05, 0.1) is 4.90 Å². The van der Waals surface area contributed by atoms with E-state index >= 15 is 0 Å². The Hall–Kier alpha value is -1.66. The van der Waals surface area contributed by atoms with Crippen molar-refractivity contribution in [3.8, 4) is 0 Å². The lowest BCUT2D eigenvalue weighted by atomic mass is 10.2. The predicted molar refractivity (Wildman–Crippen MR) is 86.0 cm³/mol.